The number of unbranched alkanes of at least 4 members (excludes halogenated alkanes) is 1. The lowest BCUT2D eigenvalue weighted by molar-refractivity contribution is -0.145. The van der Waals surface area contributed by atoms with Gasteiger partial charge in [0, 0.05) is 19.7 Å². The van der Waals surface area contributed by atoms with Crippen LogP contribution in [-0.4, -0.2) is 84.8 Å². The maximum atomic E-state index is 11.4. The standard InChI is InChI=1S/C14H27NO7/c16-8-2-1-5-15(6-3-13(19)21-11-9-17)7-4-14(20)22-12-10-18/h16-18H,1-12H2. The molecule has 0 bridgehead atoms. The summed E-state index contributed by atoms with van der Waals surface area (Å²) in [5.41, 5.74) is 0. The van der Waals surface area contributed by atoms with E-state index in [2.05, 4.69) is 0 Å². The SMILES string of the molecule is O=C(CCN(CCCCO)CCC(=O)OCCO)OCCO. The first-order valence-corrected chi connectivity index (χ1v) is 7.50. The van der Waals surface area contributed by atoms with Crippen LogP contribution in [0.5, 0.6) is 0 Å². The number of aliphatic hydroxyl groups is 3. The lowest BCUT2D eigenvalue weighted by Crippen LogP contribution is -2.31. The van der Waals surface area contributed by atoms with E-state index in [9.17, 15) is 9.59 Å². The summed E-state index contributed by atoms with van der Waals surface area (Å²) in [4.78, 5) is 24.7. The van der Waals surface area contributed by atoms with Crippen molar-refractivity contribution < 1.29 is 34.4 Å². The molecular formula is C14H27NO7. The number of esters is 2. The van der Waals surface area contributed by atoms with Crippen molar-refractivity contribution in [1.82, 2.24) is 4.90 Å². The molecule has 0 aromatic rings. The van der Waals surface area contributed by atoms with Crippen LogP contribution in [0.1, 0.15) is 25.7 Å². The monoisotopic (exact) mass is 321 g/mol. The third kappa shape index (κ3) is 12.5. The van der Waals surface area contributed by atoms with Gasteiger partial charge in [0.25, 0.3) is 0 Å². The highest BCUT2D eigenvalue weighted by molar-refractivity contribution is 5.70. The number of carbonyl (C=O) groups excluding carboxylic acids is 2. The Kier molecular flexibility index (Phi) is 13.9. The van der Waals surface area contributed by atoms with Gasteiger partial charge >= 0.3 is 11.9 Å². The highest BCUT2D eigenvalue weighted by Crippen LogP contribution is 2.01. The second kappa shape index (κ2) is 14.7. The predicted octanol–water partition coefficient (Wildman–Crippen LogP) is -1.09. The van der Waals surface area contributed by atoms with Gasteiger partial charge in [0.05, 0.1) is 26.1 Å². The second-order valence-electron chi connectivity index (χ2n) is 4.66. The lowest BCUT2D eigenvalue weighted by atomic mass is 10.2. The van der Waals surface area contributed by atoms with Crippen LogP contribution in [0.2, 0.25) is 0 Å². The maximum absolute atomic E-state index is 11.4. The summed E-state index contributed by atoms with van der Waals surface area (Å²) in [6.07, 6.45) is 1.75. The van der Waals surface area contributed by atoms with E-state index in [1.54, 1.807) is 0 Å². The van der Waals surface area contributed by atoms with Crippen molar-refractivity contribution in [3.05, 3.63) is 0 Å². The Balaban J connectivity index is 4.07. The Morgan fingerprint density at radius 2 is 1.23 bits per heavy atom. The minimum atomic E-state index is -0.399. The number of rotatable bonds is 14. The molecule has 0 aromatic carbocycles. The fourth-order valence-corrected chi connectivity index (χ4v) is 1.74. The average Bonchev–Trinajstić information content (AvgIpc) is 2.52. The van der Waals surface area contributed by atoms with E-state index in [1.165, 1.54) is 0 Å². The topological polar surface area (TPSA) is 117 Å². The summed E-state index contributed by atoms with van der Waals surface area (Å²) in [5, 5.41) is 25.9. The van der Waals surface area contributed by atoms with Crippen molar-refractivity contribution in [3.63, 3.8) is 0 Å². The molecule has 3 N–H and O–H groups in total. The van der Waals surface area contributed by atoms with Crippen LogP contribution in [0.4, 0.5) is 0 Å². The van der Waals surface area contributed by atoms with Crippen molar-refractivity contribution in [3.8, 4) is 0 Å². The zero-order valence-electron chi connectivity index (χ0n) is 12.9. The van der Waals surface area contributed by atoms with E-state index in [0.29, 0.717) is 26.1 Å². The second-order valence-corrected chi connectivity index (χ2v) is 4.66. The van der Waals surface area contributed by atoms with Crippen molar-refractivity contribution in [2.24, 2.45) is 0 Å². The molecule has 0 rings (SSSR count). The summed E-state index contributed by atoms with van der Waals surface area (Å²) >= 11 is 0. The molecule has 0 unspecified atom stereocenters. The van der Waals surface area contributed by atoms with E-state index < -0.39 is 11.9 Å². The quantitative estimate of drug-likeness (QED) is 0.273. The van der Waals surface area contributed by atoms with Crippen molar-refractivity contribution in [2.45, 2.75) is 25.7 Å². The molecule has 0 spiro atoms. The molecule has 0 aliphatic carbocycles. The first-order chi connectivity index (χ1) is 10.6. The van der Waals surface area contributed by atoms with Gasteiger partial charge in [-0.15, -0.1) is 0 Å². The van der Waals surface area contributed by atoms with E-state index >= 15 is 0 Å². The average molecular weight is 321 g/mol. The molecule has 0 saturated heterocycles. The molecule has 0 aliphatic rings. The molecule has 0 aromatic heterocycles. The summed E-state index contributed by atoms with van der Waals surface area (Å²) in [5.74, 6) is -0.798. The zero-order valence-corrected chi connectivity index (χ0v) is 12.9. The van der Waals surface area contributed by atoms with Crippen LogP contribution in [0.25, 0.3) is 0 Å². The maximum Gasteiger partial charge on any atom is 0.307 e. The van der Waals surface area contributed by atoms with Crippen molar-refractivity contribution >= 4 is 11.9 Å². The smallest absolute Gasteiger partial charge is 0.307 e. The molecule has 0 heterocycles. The largest absolute Gasteiger partial charge is 0.463 e. The van der Waals surface area contributed by atoms with E-state index in [-0.39, 0.29) is 45.9 Å². The van der Waals surface area contributed by atoms with Gasteiger partial charge in [0.15, 0.2) is 0 Å². The molecule has 0 atom stereocenters. The van der Waals surface area contributed by atoms with Crippen LogP contribution >= 0.6 is 0 Å². The Hall–Kier alpha value is -1.22. The Bertz CT molecular complexity index is 275. The van der Waals surface area contributed by atoms with Gasteiger partial charge in [0.2, 0.25) is 0 Å². The fourth-order valence-electron chi connectivity index (χ4n) is 1.74. The Labute approximate surface area is 130 Å². The molecule has 0 saturated carbocycles. The first kappa shape index (κ1) is 20.8. The number of hydrogen-bond donors (Lipinski definition) is 3. The summed E-state index contributed by atoms with van der Waals surface area (Å²) < 4.78 is 9.54. The molecule has 8 nitrogen and oxygen atoms in total. The van der Waals surface area contributed by atoms with E-state index in [1.807, 2.05) is 4.90 Å². The van der Waals surface area contributed by atoms with Gasteiger partial charge in [-0.2, -0.15) is 0 Å². The van der Waals surface area contributed by atoms with Crippen LogP contribution in [0.3, 0.4) is 0 Å². The minimum absolute atomic E-state index is 0.0170. The molecule has 0 fully saturated rings. The van der Waals surface area contributed by atoms with Crippen LogP contribution in [0.15, 0.2) is 0 Å². The highest BCUT2D eigenvalue weighted by Gasteiger charge is 2.12. The molecule has 8 heteroatoms. The van der Waals surface area contributed by atoms with Gasteiger partial charge in [-0.25, -0.2) is 0 Å². The Morgan fingerprint density at radius 3 is 1.64 bits per heavy atom. The highest BCUT2D eigenvalue weighted by atomic mass is 16.5. The van der Waals surface area contributed by atoms with Gasteiger partial charge in [-0.3, -0.25) is 9.59 Å². The first-order valence-electron chi connectivity index (χ1n) is 7.50. The van der Waals surface area contributed by atoms with Crippen LogP contribution < -0.4 is 0 Å². The normalized spacial score (nSPS) is 10.7. The van der Waals surface area contributed by atoms with Gasteiger partial charge in [-0.05, 0) is 19.4 Å². The zero-order chi connectivity index (χ0) is 16.6. The minimum Gasteiger partial charge on any atom is -0.463 e. The van der Waals surface area contributed by atoms with E-state index in [0.717, 1.165) is 6.42 Å². The number of aliphatic hydroxyl groups excluding tert-OH is 3. The number of carbonyl (C=O) groups is 2. The lowest BCUT2D eigenvalue weighted by Gasteiger charge is -2.21. The molecular weight excluding hydrogens is 294 g/mol. The van der Waals surface area contributed by atoms with Gasteiger partial charge < -0.3 is 29.7 Å². The molecule has 0 radical (unpaired) electrons. The summed E-state index contributed by atoms with van der Waals surface area (Å²) in [6.45, 7) is 1.18. The van der Waals surface area contributed by atoms with Crippen LogP contribution in [-0.2, 0) is 19.1 Å². The molecule has 130 valence electrons. The van der Waals surface area contributed by atoms with Crippen LogP contribution in [0, 0.1) is 0 Å². The molecule has 0 aliphatic heterocycles. The number of ether oxygens (including phenoxy) is 2. The van der Waals surface area contributed by atoms with Gasteiger partial charge in [-0.1, -0.05) is 0 Å². The summed E-state index contributed by atoms with van der Waals surface area (Å²) in [7, 11) is 0. The Morgan fingerprint density at radius 1 is 0.727 bits per heavy atom. The van der Waals surface area contributed by atoms with Crippen molar-refractivity contribution in [1.29, 1.82) is 0 Å². The van der Waals surface area contributed by atoms with Crippen molar-refractivity contribution in [2.75, 3.05) is 52.7 Å². The number of hydrogen-bond acceptors (Lipinski definition) is 8. The molecule has 0 amide bonds. The van der Waals surface area contributed by atoms with E-state index in [4.69, 9.17) is 24.8 Å². The van der Waals surface area contributed by atoms with Gasteiger partial charge in [0.1, 0.15) is 13.2 Å². The number of nitrogens with zero attached hydrogens (tertiary/aromatic N) is 1. The fraction of sp³-hybridized carbons (Fsp3) is 0.857. The third-order valence-corrected chi connectivity index (χ3v) is 2.86. The third-order valence-electron chi connectivity index (χ3n) is 2.86. The predicted molar refractivity (Wildman–Crippen MR) is 78.1 cm³/mol. The summed E-state index contributed by atoms with van der Waals surface area (Å²) in [6, 6.07) is 0. The molecule has 22 heavy (non-hydrogen) atoms.